The Kier molecular flexibility index (Phi) is 5.44. The highest BCUT2D eigenvalue weighted by atomic mass is 35.5. The highest BCUT2D eigenvalue weighted by Gasteiger charge is 2.05. The normalized spacial score (nSPS) is 8.50. The molecule has 0 unspecified atom stereocenters. The van der Waals surface area contributed by atoms with Crippen LogP contribution in [-0.2, 0) is 0 Å². The Labute approximate surface area is 90.4 Å². The predicted octanol–water partition coefficient (Wildman–Crippen LogP) is 4.44. The van der Waals surface area contributed by atoms with Gasteiger partial charge in [-0.3, -0.25) is 0 Å². The van der Waals surface area contributed by atoms with Gasteiger partial charge in [0.15, 0.2) is 0 Å². The summed E-state index contributed by atoms with van der Waals surface area (Å²) in [4.78, 5) is 0. The summed E-state index contributed by atoms with van der Waals surface area (Å²) in [6, 6.07) is 3.19. The second-order valence-electron chi connectivity index (χ2n) is 1.66. The summed E-state index contributed by atoms with van der Waals surface area (Å²) in [5.41, 5.74) is 0. The molecule has 0 fully saturated rings. The Balaban J connectivity index is 0.000000561. The molecule has 5 heteroatoms. The van der Waals surface area contributed by atoms with Crippen molar-refractivity contribution in [2.75, 3.05) is 0 Å². The molecule has 0 spiro atoms. The number of hydrogen-bond acceptors (Lipinski definition) is 1. The minimum absolute atomic E-state index is 0.302. The van der Waals surface area contributed by atoms with E-state index in [-0.39, 0.29) is 0 Å². The van der Waals surface area contributed by atoms with Crippen LogP contribution < -0.4 is 0 Å². The Morgan fingerprint density at radius 3 is 1.33 bits per heavy atom. The van der Waals surface area contributed by atoms with Gasteiger partial charge < -0.3 is 0 Å². The van der Waals surface area contributed by atoms with Crippen molar-refractivity contribution in [3.63, 3.8) is 0 Å². The van der Waals surface area contributed by atoms with Crippen molar-refractivity contribution in [2.45, 2.75) is 0 Å². The molecule has 0 bridgehead atoms. The smallest absolute Gasteiger partial charge is 0.0793 e. The lowest BCUT2D eigenvalue weighted by atomic mass is 10.4. The highest BCUT2D eigenvalue weighted by Crippen LogP contribution is 2.34. The predicted molar refractivity (Wildman–Crippen MR) is 53.2 cm³/mol. The molecule has 1 aromatic carbocycles. The fourth-order valence-electron chi connectivity index (χ4n) is 0.502. The van der Waals surface area contributed by atoms with Crippen LogP contribution >= 0.6 is 46.4 Å². The summed E-state index contributed by atoms with van der Waals surface area (Å²) >= 11 is 22.5. The third-order valence-electron chi connectivity index (χ3n) is 0.988. The number of halogens is 4. The summed E-state index contributed by atoms with van der Waals surface area (Å²) in [5.74, 6) is 0. The van der Waals surface area contributed by atoms with Gasteiger partial charge >= 0.3 is 0 Å². The van der Waals surface area contributed by atoms with Crippen molar-refractivity contribution in [3.05, 3.63) is 32.2 Å². The maximum atomic E-state index is 6.50. The van der Waals surface area contributed by atoms with Crippen LogP contribution in [0.5, 0.6) is 0 Å². The van der Waals surface area contributed by atoms with E-state index >= 15 is 0 Å². The number of nitrogens with zero attached hydrogens (tertiary/aromatic N) is 1. The fraction of sp³-hybridized carbons (Fsp3) is 0. The fourth-order valence-corrected chi connectivity index (χ4v) is 1.24. The minimum atomic E-state index is 0.302. The van der Waals surface area contributed by atoms with Crippen molar-refractivity contribution in [3.8, 4) is 6.57 Å². The maximum Gasteiger partial charge on any atom is 0.0793 e. The molecular weight excluding hydrogens is 240 g/mol. The van der Waals surface area contributed by atoms with E-state index in [1.807, 2.05) is 0 Å². The minimum Gasteiger partial charge on any atom is -0.202 e. The van der Waals surface area contributed by atoms with Gasteiger partial charge in [0, 0.05) is 6.57 Å². The van der Waals surface area contributed by atoms with Gasteiger partial charge in [0.25, 0.3) is 0 Å². The van der Waals surface area contributed by atoms with Crippen molar-refractivity contribution < 1.29 is 0 Å². The summed E-state index contributed by atoms with van der Waals surface area (Å²) in [5, 5.41) is 7.93. The second-order valence-corrected chi connectivity index (χ2v) is 3.23. The van der Waals surface area contributed by atoms with E-state index in [0.29, 0.717) is 20.1 Å². The Bertz CT molecular complexity index is 268. The summed E-state index contributed by atoms with van der Waals surface area (Å²) in [7, 11) is 0. The van der Waals surface area contributed by atoms with Gasteiger partial charge in [-0.15, -0.1) is 0 Å². The van der Waals surface area contributed by atoms with Crippen LogP contribution in [-0.4, -0.2) is 0 Å². The van der Waals surface area contributed by atoms with E-state index in [1.165, 1.54) is 0 Å². The zero-order valence-electron chi connectivity index (χ0n) is 5.69. The van der Waals surface area contributed by atoms with E-state index in [1.54, 1.807) is 12.1 Å². The van der Waals surface area contributed by atoms with Gasteiger partial charge in [0.2, 0.25) is 0 Å². The highest BCUT2D eigenvalue weighted by molar-refractivity contribution is 6.51. The lowest BCUT2D eigenvalue weighted by molar-refractivity contribution is 1.58. The van der Waals surface area contributed by atoms with Gasteiger partial charge in [-0.25, -0.2) is 5.26 Å². The van der Waals surface area contributed by atoms with Crippen LogP contribution in [0.4, 0.5) is 0 Å². The molecule has 0 heterocycles. The van der Waals surface area contributed by atoms with E-state index in [2.05, 4.69) is 6.57 Å². The molecule has 0 saturated heterocycles. The number of benzene rings is 1. The largest absolute Gasteiger partial charge is 0.202 e. The summed E-state index contributed by atoms with van der Waals surface area (Å²) in [6.07, 6.45) is 0. The molecule has 0 N–H and O–H groups in total. The van der Waals surface area contributed by atoms with Crippen LogP contribution in [0, 0.1) is 11.8 Å². The molecule has 0 radical (unpaired) electrons. The molecule has 0 aromatic heterocycles. The van der Waals surface area contributed by atoms with E-state index in [0.717, 1.165) is 0 Å². The van der Waals surface area contributed by atoms with E-state index in [4.69, 9.17) is 51.7 Å². The van der Waals surface area contributed by atoms with Crippen molar-refractivity contribution in [2.24, 2.45) is 0 Å². The first kappa shape index (κ1) is 11.9. The third kappa shape index (κ3) is 2.73. The van der Waals surface area contributed by atoms with E-state index in [9.17, 15) is 0 Å². The van der Waals surface area contributed by atoms with Gasteiger partial charge in [0.05, 0.1) is 20.1 Å². The monoisotopic (exact) mass is 241 g/mol. The molecule has 0 amide bonds. The summed E-state index contributed by atoms with van der Waals surface area (Å²) < 4.78 is 0. The molecule has 1 rings (SSSR count). The average molecular weight is 243 g/mol. The molecule has 1 nitrogen and oxygen atoms in total. The van der Waals surface area contributed by atoms with Crippen LogP contribution in [0.25, 0.3) is 0 Å². The average Bonchev–Trinajstić information content (AvgIpc) is 2.12. The lowest BCUT2D eigenvalue weighted by Gasteiger charge is -1.98. The lowest BCUT2D eigenvalue weighted by Crippen LogP contribution is -1.71. The van der Waals surface area contributed by atoms with Gasteiger partial charge in [-0.1, -0.05) is 46.4 Å². The van der Waals surface area contributed by atoms with Gasteiger partial charge in [-0.2, -0.15) is 0 Å². The SMILES string of the molecule is C#N.Clc1ccc(Cl)c(Cl)c1Cl. The number of rotatable bonds is 0. The molecule has 0 aliphatic heterocycles. The zero-order chi connectivity index (χ0) is 9.72. The summed E-state index contributed by atoms with van der Waals surface area (Å²) in [6.45, 7) is 3.50. The van der Waals surface area contributed by atoms with E-state index < -0.39 is 0 Å². The molecule has 1 aromatic rings. The van der Waals surface area contributed by atoms with Gasteiger partial charge in [0.1, 0.15) is 0 Å². The first-order valence-electron chi connectivity index (χ1n) is 2.67. The van der Waals surface area contributed by atoms with Crippen LogP contribution in [0.1, 0.15) is 0 Å². The topological polar surface area (TPSA) is 23.8 Å². The molecule has 0 aliphatic carbocycles. The first-order chi connectivity index (χ1) is 5.63. The molecule has 64 valence electrons. The Hall–Kier alpha value is -0.130. The quantitative estimate of drug-likeness (QED) is 0.488. The van der Waals surface area contributed by atoms with Crippen molar-refractivity contribution in [1.29, 1.82) is 5.26 Å². The first-order valence-corrected chi connectivity index (χ1v) is 4.19. The number of nitriles is 1. The van der Waals surface area contributed by atoms with Crippen molar-refractivity contribution in [1.82, 2.24) is 0 Å². The molecule has 0 atom stereocenters. The van der Waals surface area contributed by atoms with Gasteiger partial charge in [-0.05, 0) is 12.1 Å². The molecule has 0 aliphatic rings. The number of hydrogen-bond donors (Lipinski definition) is 0. The molecular formula is C7H3Cl4N. The zero-order valence-corrected chi connectivity index (χ0v) is 8.71. The maximum absolute atomic E-state index is 6.50. The standard InChI is InChI=1S/C6H2Cl4.CHN/c7-3-1-2-4(8)6(10)5(3)9;1-2/h1-2H;1H. The Morgan fingerprint density at radius 1 is 0.833 bits per heavy atom. The Morgan fingerprint density at radius 2 is 1.08 bits per heavy atom. The van der Waals surface area contributed by atoms with Crippen LogP contribution in [0.2, 0.25) is 20.1 Å². The second kappa shape index (κ2) is 5.50. The molecule has 12 heavy (non-hydrogen) atoms. The van der Waals surface area contributed by atoms with Crippen molar-refractivity contribution >= 4 is 46.4 Å². The van der Waals surface area contributed by atoms with Crippen LogP contribution in [0.15, 0.2) is 12.1 Å². The van der Waals surface area contributed by atoms with Crippen LogP contribution in [0.3, 0.4) is 0 Å². The third-order valence-corrected chi connectivity index (χ3v) is 2.69. The molecule has 0 saturated carbocycles.